The number of benzene rings is 3. The van der Waals surface area contributed by atoms with Gasteiger partial charge in [0.2, 0.25) is 5.91 Å². The van der Waals surface area contributed by atoms with Crippen molar-refractivity contribution in [1.29, 1.82) is 0 Å². The molecule has 0 aliphatic heterocycles. The first-order valence-corrected chi connectivity index (χ1v) is 14.3. The number of carbonyl (C=O) groups is 2. The number of sulfonamides is 1. The molecule has 3 aromatic carbocycles. The molecule has 8 nitrogen and oxygen atoms in total. The van der Waals surface area contributed by atoms with E-state index < -0.39 is 28.4 Å². The first-order chi connectivity index (χ1) is 17.7. The number of hydrogen-bond acceptors (Lipinski definition) is 7. The molecule has 0 unspecified atom stereocenters. The Hall–Kier alpha value is -3.50. The number of para-hydroxylation sites is 2. The topological polar surface area (TPSA) is 102 Å². The number of nitrogens with one attached hydrogen (secondary N) is 1. The molecule has 0 fully saturated rings. The van der Waals surface area contributed by atoms with E-state index in [1.165, 1.54) is 23.9 Å². The SMILES string of the molecule is CCOC(=O)c1cccc(NC(=O)CN(c2ccccc2OCC)S(=O)(=O)c2ccc(SC)cc2)c1C. The lowest BCUT2D eigenvalue weighted by Crippen LogP contribution is -2.38. The number of ether oxygens (including phenoxy) is 2. The van der Waals surface area contributed by atoms with Crippen molar-refractivity contribution >= 4 is 45.0 Å². The minimum Gasteiger partial charge on any atom is -0.492 e. The molecule has 1 amide bonds. The van der Waals surface area contributed by atoms with Gasteiger partial charge in [0.05, 0.1) is 29.4 Å². The average Bonchev–Trinajstić information content (AvgIpc) is 2.89. The number of amides is 1. The number of nitrogens with zero attached hydrogens (tertiary/aromatic N) is 1. The van der Waals surface area contributed by atoms with Gasteiger partial charge in [-0.2, -0.15) is 0 Å². The Balaban J connectivity index is 1.99. The zero-order chi connectivity index (χ0) is 27.0. The maximum Gasteiger partial charge on any atom is 0.338 e. The van der Waals surface area contributed by atoms with E-state index in [0.717, 1.165) is 9.20 Å². The van der Waals surface area contributed by atoms with Gasteiger partial charge in [-0.1, -0.05) is 18.2 Å². The minimum absolute atomic E-state index is 0.0462. The summed E-state index contributed by atoms with van der Waals surface area (Å²) in [4.78, 5) is 26.4. The lowest BCUT2D eigenvalue weighted by molar-refractivity contribution is -0.114. The van der Waals surface area contributed by atoms with Crippen LogP contribution in [-0.4, -0.2) is 46.3 Å². The number of rotatable bonds is 11. The molecule has 0 aliphatic carbocycles. The molecule has 0 bridgehead atoms. The van der Waals surface area contributed by atoms with E-state index in [0.29, 0.717) is 29.2 Å². The Morgan fingerprint density at radius 1 is 0.946 bits per heavy atom. The molecule has 3 aromatic rings. The van der Waals surface area contributed by atoms with Crippen molar-refractivity contribution in [2.24, 2.45) is 0 Å². The van der Waals surface area contributed by atoms with Crippen LogP contribution < -0.4 is 14.4 Å². The molecule has 3 rings (SSSR count). The Morgan fingerprint density at radius 2 is 1.65 bits per heavy atom. The normalized spacial score (nSPS) is 11.0. The summed E-state index contributed by atoms with van der Waals surface area (Å²) in [6.45, 7) is 5.22. The van der Waals surface area contributed by atoms with Crippen molar-refractivity contribution in [3.63, 3.8) is 0 Å². The van der Waals surface area contributed by atoms with E-state index in [2.05, 4.69) is 5.32 Å². The molecule has 37 heavy (non-hydrogen) atoms. The summed E-state index contributed by atoms with van der Waals surface area (Å²) in [6.07, 6.45) is 1.90. The van der Waals surface area contributed by atoms with Gasteiger partial charge in [-0.15, -0.1) is 11.8 Å². The zero-order valence-electron chi connectivity index (χ0n) is 21.2. The van der Waals surface area contributed by atoms with E-state index in [1.807, 2.05) is 6.26 Å². The summed E-state index contributed by atoms with van der Waals surface area (Å²) in [6, 6.07) is 18.0. The zero-order valence-corrected chi connectivity index (χ0v) is 22.8. The molecule has 0 saturated heterocycles. The molecule has 0 heterocycles. The predicted octanol–water partition coefficient (Wildman–Crippen LogP) is 5.13. The van der Waals surface area contributed by atoms with Crippen molar-refractivity contribution in [3.8, 4) is 5.75 Å². The van der Waals surface area contributed by atoms with Gasteiger partial charge in [0.25, 0.3) is 10.0 Å². The first-order valence-electron chi connectivity index (χ1n) is 11.7. The highest BCUT2D eigenvalue weighted by molar-refractivity contribution is 7.98. The lowest BCUT2D eigenvalue weighted by Gasteiger charge is -2.26. The van der Waals surface area contributed by atoms with Crippen molar-refractivity contribution in [2.75, 3.05) is 35.6 Å². The maximum atomic E-state index is 13.8. The van der Waals surface area contributed by atoms with Crippen molar-refractivity contribution in [2.45, 2.75) is 30.6 Å². The van der Waals surface area contributed by atoms with Gasteiger partial charge in [0.15, 0.2) is 0 Å². The van der Waals surface area contributed by atoms with Gasteiger partial charge in [-0.25, -0.2) is 13.2 Å². The highest BCUT2D eigenvalue weighted by Gasteiger charge is 2.30. The second-order valence-electron chi connectivity index (χ2n) is 7.83. The predicted molar refractivity (Wildman–Crippen MR) is 146 cm³/mol. The van der Waals surface area contributed by atoms with Crippen LogP contribution in [0.5, 0.6) is 5.75 Å². The molecule has 196 valence electrons. The number of thioether (sulfide) groups is 1. The summed E-state index contributed by atoms with van der Waals surface area (Å²) in [5, 5.41) is 2.74. The largest absolute Gasteiger partial charge is 0.492 e. The number of carbonyl (C=O) groups excluding carboxylic acids is 2. The number of anilines is 2. The molecule has 10 heteroatoms. The molecule has 0 aliphatic rings. The fraction of sp³-hybridized carbons (Fsp3) is 0.259. The van der Waals surface area contributed by atoms with Gasteiger partial charge >= 0.3 is 5.97 Å². The minimum atomic E-state index is -4.14. The Kier molecular flexibility index (Phi) is 9.60. The highest BCUT2D eigenvalue weighted by atomic mass is 32.2. The van der Waals surface area contributed by atoms with E-state index in [4.69, 9.17) is 9.47 Å². The van der Waals surface area contributed by atoms with E-state index >= 15 is 0 Å². The number of esters is 1. The molecule has 0 radical (unpaired) electrons. The van der Waals surface area contributed by atoms with Crippen LogP contribution in [0.25, 0.3) is 0 Å². The monoisotopic (exact) mass is 542 g/mol. The third kappa shape index (κ3) is 6.64. The van der Waals surface area contributed by atoms with E-state index in [9.17, 15) is 18.0 Å². The molecule has 0 aromatic heterocycles. The first kappa shape index (κ1) is 28.1. The van der Waals surface area contributed by atoms with Crippen LogP contribution in [0, 0.1) is 6.92 Å². The van der Waals surface area contributed by atoms with Crippen molar-refractivity contribution in [3.05, 3.63) is 77.9 Å². The Bertz CT molecular complexity index is 1360. The summed E-state index contributed by atoms with van der Waals surface area (Å²) >= 11 is 1.50. The Labute approximate surface area is 222 Å². The van der Waals surface area contributed by atoms with Crippen LogP contribution in [0.1, 0.15) is 29.8 Å². The summed E-state index contributed by atoms with van der Waals surface area (Å²) < 4.78 is 39.4. The summed E-state index contributed by atoms with van der Waals surface area (Å²) in [5.41, 5.74) is 1.46. The number of hydrogen-bond donors (Lipinski definition) is 1. The molecule has 0 atom stereocenters. The van der Waals surface area contributed by atoms with E-state index in [1.54, 1.807) is 75.4 Å². The van der Waals surface area contributed by atoms with Crippen LogP contribution >= 0.6 is 11.8 Å². The van der Waals surface area contributed by atoms with Gasteiger partial charge in [-0.05, 0) is 81.1 Å². The molecule has 0 spiro atoms. The molecular weight excluding hydrogens is 512 g/mol. The van der Waals surface area contributed by atoms with Crippen LogP contribution in [0.4, 0.5) is 11.4 Å². The van der Waals surface area contributed by atoms with E-state index in [-0.39, 0.29) is 17.2 Å². The highest BCUT2D eigenvalue weighted by Crippen LogP contribution is 2.33. The van der Waals surface area contributed by atoms with Gasteiger partial charge in [0, 0.05) is 10.6 Å². The van der Waals surface area contributed by atoms with Crippen molar-refractivity contribution < 1.29 is 27.5 Å². The Morgan fingerprint density at radius 3 is 2.30 bits per heavy atom. The molecular formula is C27H30N2O6S2. The van der Waals surface area contributed by atoms with Crippen LogP contribution in [-0.2, 0) is 19.6 Å². The molecule has 1 N–H and O–H groups in total. The summed E-state index contributed by atoms with van der Waals surface area (Å²) in [5.74, 6) is -0.748. The standard InChI is InChI=1S/C27H30N2O6S2/c1-5-34-25-13-8-7-12-24(25)29(37(32,33)21-16-14-20(36-4)15-17-21)18-26(30)28-23-11-9-10-22(19(23)3)27(31)35-6-2/h7-17H,5-6,18H2,1-4H3,(H,28,30). The van der Waals surface area contributed by atoms with Gasteiger partial charge < -0.3 is 14.8 Å². The van der Waals surface area contributed by atoms with Crippen LogP contribution in [0.2, 0.25) is 0 Å². The van der Waals surface area contributed by atoms with Gasteiger partial charge in [-0.3, -0.25) is 9.10 Å². The fourth-order valence-corrected chi connectivity index (χ4v) is 5.48. The lowest BCUT2D eigenvalue weighted by atomic mass is 10.1. The third-order valence-electron chi connectivity index (χ3n) is 5.47. The van der Waals surface area contributed by atoms with Crippen molar-refractivity contribution in [1.82, 2.24) is 0 Å². The summed E-state index contributed by atoms with van der Waals surface area (Å²) in [7, 11) is -4.14. The smallest absolute Gasteiger partial charge is 0.338 e. The quantitative estimate of drug-likeness (QED) is 0.265. The third-order valence-corrected chi connectivity index (χ3v) is 7.99. The maximum absolute atomic E-state index is 13.8. The van der Waals surface area contributed by atoms with Crippen LogP contribution in [0.15, 0.2) is 76.5 Å². The second kappa shape index (κ2) is 12.6. The second-order valence-corrected chi connectivity index (χ2v) is 10.6. The average molecular weight is 543 g/mol. The van der Waals surface area contributed by atoms with Crippen LogP contribution in [0.3, 0.4) is 0 Å². The fourth-order valence-electron chi connectivity index (χ4n) is 3.64. The molecule has 0 saturated carbocycles. The van der Waals surface area contributed by atoms with Gasteiger partial charge in [0.1, 0.15) is 12.3 Å².